The summed E-state index contributed by atoms with van der Waals surface area (Å²) in [7, 11) is 1.97. The van der Waals surface area contributed by atoms with Gasteiger partial charge in [0.1, 0.15) is 12.4 Å². The van der Waals surface area contributed by atoms with Crippen LogP contribution in [-0.2, 0) is 13.6 Å². The second-order valence-electron chi connectivity index (χ2n) is 7.86. The Balaban J connectivity index is 1.61. The maximum Gasteiger partial charge on any atom is 0.192 e. The smallest absolute Gasteiger partial charge is 0.192 e. The standard InChI is InChI=1S/C25H35N7/c1-5-32(23-15-10-7-11-16-23)18-12-17-26-25(27-19-24-30-29-21(3)31(24)4)28-20(2)22-13-8-6-9-14-22/h6-11,13-16,20H,5,12,17-19H2,1-4H3,(H2,26,27,28). The van der Waals surface area contributed by atoms with Crippen molar-refractivity contribution in [1.82, 2.24) is 25.4 Å². The van der Waals surface area contributed by atoms with Gasteiger partial charge in [0.05, 0.1) is 6.04 Å². The highest BCUT2D eigenvalue weighted by molar-refractivity contribution is 5.80. The Labute approximate surface area is 191 Å². The summed E-state index contributed by atoms with van der Waals surface area (Å²) in [4.78, 5) is 7.18. The second kappa shape index (κ2) is 11.9. The first-order valence-corrected chi connectivity index (χ1v) is 11.3. The number of nitrogens with one attached hydrogen (secondary N) is 2. The molecule has 0 saturated carbocycles. The van der Waals surface area contributed by atoms with Gasteiger partial charge in [0.25, 0.3) is 0 Å². The summed E-state index contributed by atoms with van der Waals surface area (Å²) < 4.78 is 1.97. The summed E-state index contributed by atoms with van der Waals surface area (Å²) in [5.41, 5.74) is 2.48. The van der Waals surface area contributed by atoms with Crippen molar-refractivity contribution in [2.75, 3.05) is 24.5 Å². The first-order chi connectivity index (χ1) is 15.6. The number of guanidine groups is 1. The van der Waals surface area contributed by atoms with Gasteiger partial charge in [-0.3, -0.25) is 0 Å². The lowest BCUT2D eigenvalue weighted by atomic mass is 10.1. The Morgan fingerprint density at radius 2 is 1.75 bits per heavy atom. The van der Waals surface area contributed by atoms with Gasteiger partial charge < -0.3 is 20.1 Å². The van der Waals surface area contributed by atoms with Crippen LogP contribution in [0.5, 0.6) is 0 Å². The minimum atomic E-state index is 0.139. The summed E-state index contributed by atoms with van der Waals surface area (Å²) in [5.74, 6) is 2.51. The molecule has 0 bridgehead atoms. The summed E-state index contributed by atoms with van der Waals surface area (Å²) in [6.07, 6.45) is 1.01. The van der Waals surface area contributed by atoms with Crippen LogP contribution in [0, 0.1) is 6.92 Å². The molecular weight excluding hydrogens is 398 g/mol. The van der Waals surface area contributed by atoms with Crippen LogP contribution in [0.1, 0.15) is 43.5 Å². The number of aryl methyl sites for hydroxylation is 1. The third-order valence-corrected chi connectivity index (χ3v) is 5.61. The van der Waals surface area contributed by atoms with Gasteiger partial charge in [0, 0.05) is 32.4 Å². The minimum absolute atomic E-state index is 0.139. The van der Waals surface area contributed by atoms with Gasteiger partial charge in [0.2, 0.25) is 0 Å². The molecule has 0 spiro atoms. The van der Waals surface area contributed by atoms with E-state index < -0.39 is 0 Å². The zero-order valence-corrected chi connectivity index (χ0v) is 19.6. The summed E-state index contributed by atoms with van der Waals surface area (Å²) in [5, 5.41) is 15.4. The van der Waals surface area contributed by atoms with Crippen molar-refractivity contribution in [1.29, 1.82) is 0 Å². The van der Waals surface area contributed by atoms with Crippen molar-refractivity contribution in [2.45, 2.75) is 39.8 Å². The lowest BCUT2D eigenvalue weighted by Crippen LogP contribution is -2.40. The molecule has 1 unspecified atom stereocenters. The van der Waals surface area contributed by atoms with Gasteiger partial charge in [-0.05, 0) is 44.9 Å². The van der Waals surface area contributed by atoms with Crippen LogP contribution < -0.4 is 15.5 Å². The van der Waals surface area contributed by atoms with Crippen molar-refractivity contribution in [2.24, 2.45) is 12.0 Å². The first kappa shape index (κ1) is 23.3. The Kier molecular flexibility index (Phi) is 8.66. The number of hydrogen-bond acceptors (Lipinski definition) is 4. The molecule has 7 heteroatoms. The van der Waals surface area contributed by atoms with E-state index in [-0.39, 0.29) is 6.04 Å². The average Bonchev–Trinajstić information content (AvgIpc) is 3.15. The molecule has 0 saturated heterocycles. The number of aromatic nitrogens is 3. The minimum Gasteiger partial charge on any atom is -0.372 e. The Morgan fingerprint density at radius 1 is 1.06 bits per heavy atom. The average molecular weight is 434 g/mol. The Hall–Kier alpha value is -3.35. The van der Waals surface area contributed by atoms with Crippen molar-refractivity contribution in [3.8, 4) is 0 Å². The number of hydrogen-bond donors (Lipinski definition) is 2. The molecule has 0 amide bonds. The molecule has 0 radical (unpaired) electrons. The number of aliphatic imine (C=N–C) groups is 1. The zero-order valence-electron chi connectivity index (χ0n) is 19.6. The Morgan fingerprint density at radius 3 is 2.38 bits per heavy atom. The van der Waals surface area contributed by atoms with Crippen LogP contribution in [0.25, 0.3) is 0 Å². The van der Waals surface area contributed by atoms with E-state index in [2.05, 4.69) is 94.2 Å². The van der Waals surface area contributed by atoms with Crippen LogP contribution in [0.2, 0.25) is 0 Å². The van der Waals surface area contributed by atoms with Gasteiger partial charge in [0.15, 0.2) is 11.8 Å². The molecular formula is C25H35N7. The lowest BCUT2D eigenvalue weighted by Gasteiger charge is -2.24. The fourth-order valence-corrected chi connectivity index (χ4v) is 3.51. The van der Waals surface area contributed by atoms with E-state index in [1.807, 2.05) is 24.6 Å². The van der Waals surface area contributed by atoms with Crippen molar-refractivity contribution >= 4 is 11.6 Å². The van der Waals surface area contributed by atoms with Crippen LogP contribution >= 0.6 is 0 Å². The van der Waals surface area contributed by atoms with Crippen molar-refractivity contribution < 1.29 is 0 Å². The maximum atomic E-state index is 4.79. The zero-order chi connectivity index (χ0) is 22.8. The number of nitrogens with zero attached hydrogens (tertiary/aromatic N) is 5. The monoisotopic (exact) mass is 433 g/mol. The van der Waals surface area contributed by atoms with Gasteiger partial charge in [-0.2, -0.15) is 0 Å². The molecule has 3 aromatic rings. The summed E-state index contributed by atoms with van der Waals surface area (Å²) in [6.45, 7) is 9.55. The topological polar surface area (TPSA) is 70.4 Å². The van der Waals surface area contributed by atoms with Crippen LogP contribution in [0.4, 0.5) is 5.69 Å². The van der Waals surface area contributed by atoms with E-state index in [4.69, 9.17) is 4.99 Å². The van der Waals surface area contributed by atoms with Crippen LogP contribution in [-0.4, -0.2) is 40.4 Å². The molecule has 32 heavy (non-hydrogen) atoms. The second-order valence-corrected chi connectivity index (χ2v) is 7.86. The van der Waals surface area contributed by atoms with E-state index in [1.165, 1.54) is 11.3 Å². The molecule has 170 valence electrons. The maximum absolute atomic E-state index is 4.79. The molecule has 0 aliphatic carbocycles. The Bertz CT molecular complexity index is 966. The van der Waals surface area contributed by atoms with Crippen LogP contribution in [0.15, 0.2) is 65.7 Å². The van der Waals surface area contributed by atoms with Crippen molar-refractivity contribution in [3.05, 3.63) is 77.9 Å². The predicted molar refractivity (Wildman–Crippen MR) is 132 cm³/mol. The lowest BCUT2D eigenvalue weighted by molar-refractivity contribution is 0.660. The highest BCUT2D eigenvalue weighted by atomic mass is 15.3. The molecule has 1 heterocycles. The third kappa shape index (κ3) is 6.57. The summed E-state index contributed by atoms with van der Waals surface area (Å²) >= 11 is 0. The van der Waals surface area contributed by atoms with Crippen LogP contribution in [0.3, 0.4) is 0 Å². The van der Waals surface area contributed by atoms with Gasteiger partial charge in [-0.15, -0.1) is 10.2 Å². The highest BCUT2D eigenvalue weighted by Crippen LogP contribution is 2.13. The number of anilines is 1. The van der Waals surface area contributed by atoms with E-state index in [0.29, 0.717) is 6.54 Å². The number of benzene rings is 2. The highest BCUT2D eigenvalue weighted by Gasteiger charge is 2.10. The SMILES string of the molecule is CCN(CCCNC(=NCc1nnc(C)n1C)NC(C)c1ccccc1)c1ccccc1. The molecule has 7 nitrogen and oxygen atoms in total. The van der Waals surface area contributed by atoms with Crippen molar-refractivity contribution in [3.63, 3.8) is 0 Å². The number of para-hydroxylation sites is 1. The summed E-state index contributed by atoms with van der Waals surface area (Å²) in [6, 6.07) is 21.1. The molecule has 3 rings (SSSR count). The van der Waals surface area contributed by atoms with E-state index in [1.54, 1.807) is 0 Å². The quantitative estimate of drug-likeness (QED) is 0.289. The van der Waals surface area contributed by atoms with E-state index >= 15 is 0 Å². The number of rotatable bonds is 10. The van der Waals surface area contributed by atoms with Gasteiger partial charge >= 0.3 is 0 Å². The van der Waals surface area contributed by atoms with E-state index in [0.717, 1.165) is 43.7 Å². The molecule has 2 N–H and O–H groups in total. The fraction of sp³-hybridized carbons (Fsp3) is 0.400. The normalized spacial score (nSPS) is 12.4. The van der Waals surface area contributed by atoms with Gasteiger partial charge in [-0.1, -0.05) is 48.5 Å². The predicted octanol–water partition coefficient (Wildman–Crippen LogP) is 3.84. The third-order valence-electron chi connectivity index (χ3n) is 5.61. The molecule has 2 aromatic carbocycles. The van der Waals surface area contributed by atoms with E-state index in [9.17, 15) is 0 Å². The largest absolute Gasteiger partial charge is 0.372 e. The fourth-order valence-electron chi connectivity index (χ4n) is 3.51. The molecule has 0 aliphatic rings. The molecule has 0 aliphatic heterocycles. The van der Waals surface area contributed by atoms with Gasteiger partial charge in [-0.25, -0.2) is 4.99 Å². The molecule has 1 aromatic heterocycles. The molecule has 0 fully saturated rings. The first-order valence-electron chi connectivity index (χ1n) is 11.3. The molecule has 1 atom stereocenters.